The minimum Gasteiger partial charge on any atom is -0.366 e. The molecule has 2 N–H and O–H groups in total. The van der Waals surface area contributed by atoms with Crippen LogP contribution in [0.5, 0.6) is 0 Å². The number of benzene rings is 1. The van der Waals surface area contributed by atoms with Crippen LogP contribution in [0, 0.1) is 0 Å². The SMILES string of the molecule is Clc1cccc(Cc2[nH]ncc2N2CCNCC2)c1. The van der Waals surface area contributed by atoms with Crippen molar-refractivity contribution in [2.24, 2.45) is 0 Å². The van der Waals surface area contributed by atoms with Crippen molar-refractivity contribution in [3.63, 3.8) is 0 Å². The lowest BCUT2D eigenvalue weighted by Gasteiger charge is -2.29. The van der Waals surface area contributed by atoms with E-state index in [1.54, 1.807) is 0 Å². The number of aromatic amines is 1. The molecule has 100 valence electrons. The van der Waals surface area contributed by atoms with E-state index >= 15 is 0 Å². The summed E-state index contributed by atoms with van der Waals surface area (Å²) >= 11 is 6.03. The molecule has 0 bridgehead atoms. The Kier molecular flexibility index (Phi) is 3.71. The van der Waals surface area contributed by atoms with Crippen LogP contribution in [-0.4, -0.2) is 36.4 Å². The number of piperazine rings is 1. The van der Waals surface area contributed by atoms with E-state index in [0.717, 1.165) is 43.3 Å². The first-order valence-corrected chi connectivity index (χ1v) is 6.93. The molecule has 1 aliphatic heterocycles. The molecule has 5 heteroatoms. The average Bonchev–Trinajstić information content (AvgIpc) is 2.88. The molecule has 3 rings (SSSR count). The largest absolute Gasteiger partial charge is 0.366 e. The van der Waals surface area contributed by atoms with Gasteiger partial charge < -0.3 is 10.2 Å². The first-order valence-electron chi connectivity index (χ1n) is 6.55. The Morgan fingerprint density at radius 2 is 2.11 bits per heavy atom. The van der Waals surface area contributed by atoms with Gasteiger partial charge >= 0.3 is 0 Å². The average molecular weight is 277 g/mol. The number of hydrogen-bond donors (Lipinski definition) is 2. The van der Waals surface area contributed by atoms with Gasteiger partial charge in [-0.15, -0.1) is 0 Å². The summed E-state index contributed by atoms with van der Waals surface area (Å²) in [7, 11) is 0. The number of hydrogen-bond acceptors (Lipinski definition) is 3. The lowest BCUT2D eigenvalue weighted by molar-refractivity contribution is 0.588. The number of rotatable bonds is 3. The number of H-pyrrole nitrogens is 1. The Hall–Kier alpha value is -1.52. The fourth-order valence-corrected chi connectivity index (χ4v) is 2.68. The predicted molar refractivity (Wildman–Crippen MR) is 77.9 cm³/mol. The van der Waals surface area contributed by atoms with E-state index in [0.29, 0.717) is 0 Å². The van der Waals surface area contributed by atoms with Gasteiger partial charge in [-0.25, -0.2) is 0 Å². The highest BCUT2D eigenvalue weighted by atomic mass is 35.5. The second-order valence-electron chi connectivity index (χ2n) is 4.78. The van der Waals surface area contributed by atoms with Crippen molar-refractivity contribution in [2.45, 2.75) is 6.42 Å². The van der Waals surface area contributed by atoms with Crippen LogP contribution in [0.3, 0.4) is 0 Å². The maximum Gasteiger partial charge on any atom is 0.0786 e. The molecule has 0 saturated carbocycles. The zero-order valence-electron chi connectivity index (χ0n) is 10.7. The second kappa shape index (κ2) is 5.63. The van der Waals surface area contributed by atoms with Gasteiger partial charge in [-0.2, -0.15) is 5.10 Å². The fraction of sp³-hybridized carbons (Fsp3) is 0.357. The Bertz CT molecular complexity index is 546. The number of nitrogens with one attached hydrogen (secondary N) is 2. The molecule has 1 fully saturated rings. The van der Waals surface area contributed by atoms with Crippen LogP contribution in [-0.2, 0) is 6.42 Å². The smallest absolute Gasteiger partial charge is 0.0786 e. The van der Waals surface area contributed by atoms with Crippen molar-refractivity contribution in [3.8, 4) is 0 Å². The molecule has 19 heavy (non-hydrogen) atoms. The van der Waals surface area contributed by atoms with E-state index in [2.05, 4.69) is 26.5 Å². The Labute approximate surface area is 117 Å². The van der Waals surface area contributed by atoms with Gasteiger partial charge in [-0.3, -0.25) is 5.10 Å². The highest BCUT2D eigenvalue weighted by Gasteiger charge is 2.15. The van der Waals surface area contributed by atoms with E-state index in [1.807, 2.05) is 24.4 Å². The summed E-state index contributed by atoms with van der Waals surface area (Å²) < 4.78 is 0. The van der Waals surface area contributed by atoms with E-state index in [4.69, 9.17) is 11.6 Å². The van der Waals surface area contributed by atoms with Gasteiger partial charge in [0.1, 0.15) is 0 Å². The summed E-state index contributed by atoms with van der Waals surface area (Å²) in [6, 6.07) is 7.98. The molecule has 0 spiro atoms. The monoisotopic (exact) mass is 276 g/mol. The number of aromatic nitrogens is 2. The molecule has 1 aromatic carbocycles. The topological polar surface area (TPSA) is 44.0 Å². The molecule has 1 saturated heterocycles. The molecule has 2 heterocycles. The summed E-state index contributed by atoms with van der Waals surface area (Å²) in [5, 5.41) is 11.5. The van der Waals surface area contributed by atoms with Gasteiger partial charge in [0.05, 0.1) is 17.6 Å². The van der Waals surface area contributed by atoms with Crippen molar-refractivity contribution in [1.82, 2.24) is 15.5 Å². The van der Waals surface area contributed by atoms with Crippen LogP contribution in [0.25, 0.3) is 0 Å². The Balaban J connectivity index is 1.80. The molecule has 0 atom stereocenters. The molecule has 0 unspecified atom stereocenters. The van der Waals surface area contributed by atoms with Crippen molar-refractivity contribution in [1.29, 1.82) is 0 Å². The molecule has 0 amide bonds. The highest BCUT2D eigenvalue weighted by Crippen LogP contribution is 2.22. The van der Waals surface area contributed by atoms with Crippen molar-refractivity contribution in [3.05, 3.63) is 46.7 Å². The third-order valence-corrected chi connectivity index (χ3v) is 3.66. The first kappa shape index (κ1) is 12.5. The first-order chi connectivity index (χ1) is 9.33. The van der Waals surface area contributed by atoms with Crippen molar-refractivity contribution >= 4 is 17.3 Å². The third-order valence-electron chi connectivity index (χ3n) is 3.42. The highest BCUT2D eigenvalue weighted by molar-refractivity contribution is 6.30. The summed E-state index contributed by atoms with van der Waals surface area (Å²) in [5.74, 6) is 0. The zero-order valence-corrected chi connectivity index (χ0v) is 11.5. The Morgan fingerprint density at radius 1 is 1.26 bits per heavy atom. The van der Waals surface area contributed by atoms with Crippen molar-refractivity contribution in [2.75, 3.05) is 31.1 Å². The summed E-state index contributed by atoms with van der Waals surface area (Å²) in [6.45, 7) is 4.12. The molecule has 0 aliphatic carbocycles. The molecule has 2 aromatic rings. The molecular weight excluding hydrogens is 260 g/mol. The van der Waals surface area contributed by atoms with Gasteiger partial charge in [0.15, 0.2) is 0 Å². The number of anilines is 1. The maximum atomic E-state index is 6.03. The Morgan fingerprint density at radius 3 is 2.89 bits per heavy atom. The van der Waals surface area contributed by atoms with Gasteiger partial charge in [0.25, 0.3) is 0 Å². The van der Waals surface area contributed by atoms with E-state index in [1.165, 1.54) is 11.3 Å². The lowest BCUT2D eigenvalue weighted by atomic mass is 10.1. The van der Waals surface area contributed by atoms with Crippen LogP contribution in [0.1, 0.15) is 11.3 Å². The standard InChI is InChI=1S/C14H17ClN4/c15-12-3-1-2-11(8-12)9-13-14(10-17-18-13)19-6-4-16-5-7-19/h1-3,8,10,16H,4-7,9H2,(H,17,18). The lowest BCUT2D eigenvalue weighted by Crippen LogP contribution is -2.43. The molecule has 1 aromatic heterocycles. The minimum atomic E-state index is 0.778. The van der Waals surface area contributed by atoms with Crippen LogP contribution in [0.4, 0.5) is 5.69 Å². The van der Waals surface area contributed by atoms with Crippen molar-refractivity contribution < 1.29 is 0 Å². The fourth-order valence-electron chi connectivity index (χ4n) is 2.47. The number of halogens is 1. The molecule has 4 nitrogen and oxygen atoms in total. The predicted octanol–water partition coefficient (Wildman–Crippen LogP) is 2.06. The summed E-state index contributed by atoms with van der Waals surface area (Å²) in [6.07, 6.45) is 2.75. The maximum absolute atomic E-state index is 6.03. The zero-order chi connectivity index (χ0) is 13.1. The van der Waals surface area contributed by atoms with Crippen LogP contribution >= 0.6 is 11.6 Å². The van der Waals surface area contributed by atoms with Gasteiger partial charge in [0.2, 0.25) is 0 Å². The quantitative estimate of drug-likeness (QED) is 0.902. The normalized spacial score (nSPS) is 15.7. The van der Waals surface area contributed by atoms with Gasteiger partial charge in [-0.1, -0.05) is 23.7 Å². The van der Waals surface area contributed by atoms with Crippen LogP contribution in [0.15, 0.2) is 30.5 Å². The van der Waals surface area contributed by atoms with Crippen LogP contribution in [0.2, 0.25) is 5.02 Å². The third kappa shape index (κ3) is 2.91. The van der Waals surface area contributed by atoms with E-state index < -0.39 is 0 Å². The van der Waals surface area contributed by atoms with E-state index in [9.17, 15) is 0 Å². The summed E-state index contributed by atoms with van der Waals surface area (Å²) in [4.78, 5) is 2.37. The second-order valence-corrected chi connectivity index (χ2v) is 5.21. The van der Waals surface area contributed by atoms with Crippen LogP contribution < -0.4 is 10.2 Å². The number of nitrogens with zero attached hydrogens (tertiary/aromatic N) is 2. The minimum absolute atomic E-state index is 0.778. The van der Waals surface area contributed by atoms with E-state index in [-0.39, 0.29) is 0 Å². The summed E-state index contributed by atoms with van der Waals surface area (Å²) in [5.41, 5.74) is 3.57. The molecule has 1 aliphatic rings. The van der Waals surface area contributed by atoms with Gasteiger partial charge in [0, 0.05) is 37.6 Å². The molecule has 0 radical (unpaired) electrons. The van der Waals surface area contributed by atoms with Gasteiger partial charge in [-0.05, 0) is 17.7 Å². The molecular formula is C14H17ClN4.